The molecule has 0 N–H and O–H groups in total. The highest BCUT2D eigenvalue weighted by atomic mass is 16.5. The Morgan fingerprint density at radius 3 is 2.61 bits per heavy atom. The summed E-state index contributed by atoms with van der Waals surface area (Å²) in [4.78, 5) is 25.7. The van der Waals surface area contributed by atoms with Gasteiger partial charge in [-0.1, -0.05) is 34.1 Å². The zero-order valence-electron chi connectivity index (χ0n) is 14.6. The molecule has 0 aromatic carbocycles. The van der Waals surface area contributed by atoms with E-state index in [-0.39, 0.29) is 34.4 Å². The van der Waals surface area contributed by atoms with Crippen molar-refractivity contribution in [2.45, 2.75) is 59.5 Å². The molecule has 5 rings (SSSR count). The van der Waals surface area contributed by atoms with Gasteiger partial charge < -0.3 is 4.74 Å². The molecule has 3 heteroatoms. The highest BCUT2D eigenvalue weighted by Crippen LogP contribution is 2.63. The molecule has 2 bridgehead atoms. The van der Waals surface area contributed by atoms with Gasteiger partial charge in [-0.3, -0.25) is 9.59 Å². The Morgan fingerprint density at radius 1 is 1.17 bits per heavy atom. The quantitative estimate of drug-likeness (QED) is 0.548. The Bertz CT molecular complexity index is 664. The lowest BCUT2D eigenvalue weighted by atomic mass is 9.47. The number of hydrogen-bond acceptors (Lipinski definition) is 3. The summed E-state index contributed by atoms with van der Waals surface area (Å²) in [7, 11) is 0. The first-order valence-corrected chi connectivity index (χ1v) is 8.95. The molecule has 23 heavy (non-hydrogen) atoms. The van der Waals surface area contributed by atoms with Gasteiger partial charge in [-0.15, -0.1) is 0 Å². The third-order valence-corrected chi connectivity index (χ3v) is 6.81. The molecule has 0 radical (unpaired) electrons. The van der Waals surface area contributed by atoms with Crippen LogP contribution < -0.4 is 0 Å². The molecule has 1 unspecified atom stereocenters. The van der Waals surface area contributed by atoms with Gasteiger partial charge in [0.25, 0.3) is 0 Å². The van der Waals surface area contributed by atoms with Gasteiger partial charge in [0.1, 0.15) is 0 Å². The zero-order chi connectivity index (χ0) is 16.6. The van der Waals surface area contributed by atoms with Crippen LogP contribution in [0.5, 0.6) is 0 Å². The molecule has 1 saturated heterocycles. The van der Waals surface area contributed by atoms with E-state index in [0.29, 0.717) is 18.1 Å². The normalized spacial score (nSPS) is 38.6. The summed E-state index contributed by atoms with van der Waals surface area (Å²) >= 11 is 0. The third-order valence-electron chi connectivity index (χ3n) is 6.81. The summed E-state index contributed by atoms with van der Waals surface area (Å²) in [5.74, 6) is 0.0220. The fourth-order valence-electron chi connectivity index (χ4n) is 5.67. The third kappa shape index (κ3) is 1.86. The predicted octanol–water partition coefficient (Wildman–Crippen LogP) is 3.63. The van der Waals surface area contributed by atoms with E-state index in [4.69, 9.17) is 4.74 Å². The molecule has 2 aliphatic heterocycles. The topological polar surface area (TPSA) is 43.4 Å². The van der Waals surface area contributed by atoms with Gasteiger partial charge in [-0.05, 0) is 48.2 Å². The largest absolute Gasteiger partial charge is 0.373 e. The Morgan fingerprint density at radius 2 is 1.91 bits per heavy atom. The second-order valence-electron chi connectivity index (χ2n) is 8.83. The SMILES string of the molecule is CC(C)C1=CC2=C(C(=O)C1=O)[C@@]13CCCC(C)(C)[C@@H]1CC2OC3. The average Bonchev–Trinajstić information content (AvgIpc) is 2.49. The van der Waals surface area contributed by atoms with E-state index >= 15 is 0 Å². The minimum Gasteiger partial charge on any atom is -0.373 e. The number of hydrogen-bond donors (Lipinski definition) is 0. The van der Waals surface area contributed by atoms with Crippen LogP contribution in [-0.2, 0) is 14.3 Å². The molecule has 5 aliphatic rings. The monoisotopic (exact) mass is 314 g/mol. The Hall–Kier alpha value is -1.22. The number of allylic oxidation sites excluding steroid dienone is 1. The number of ether oxygens (including phenoxy) is 1. The van der Waals surface area contributed by atoms with Crippen LogP contribution in [0.15, 0.2) is 22.8 Å². The summed E-state index contributed by atoms with van der Waals surface area (Å²) in [5, 5.41) is 0. The van der Waals surface area contributed by atoms with Crippen molar-refractivity contribution in [3.05, 3.63) is 22.8 Å². The van der Waals surface area contributed by atoms with Crippen molar-refractivity contribution in [2.24, 2.45) is 22.7 Å². The van der Waals surface area contributed by atoms with Gasteiger partial charge in [-0.25, -0.2) is 0 Å². The lowest BCUT2D eigenvalue weighted by molar-refractivity contribution is -0.153. The number of ketones is 2. The summed E-state index contributed by atoms with van der Waals surface area (Å²) in [6.07, 6.45) is 6.28. The Balaban J connectivity index is 1.92. The first kappa shape index (κ1) is 15.3. The molecule has 124 valence electrons. The highest BCUT2D eigenvalue weighted by Gasteiger charge is 2.61. The van der Waals surface area contributed by atoms with Crippen molar-refractivity contribution in [1.29, 1.82) is 0 Å². The molecule has 1 saturated carbocycles. The van der Waals surface area contributed by atoms with Gasteiger partial charge in [-0.2, -0.15) is 0 Å². The first-order valence-electron chi connectivity index (χ1n) is 8.95. The highest BCUT2D eigenvalue weighted by molar-refractivity contribution is 6.50. The van der Waals surface area contributed by atoms with E-state index in [1.54, 1.807) is 0 Å². The van der Waals surface area contributed by atoms with Crippen LogP contribution in [0.25, 0.3) is 0 Å². The number of Topliss-reactive ketones (excluding diaryl/α,β-unsaturated/α-hetero) is 2. The van der Waals surface area contributed by atoms with Crippen molar-refractivity contribution in [3.63, 3.8) is 0 Å². The smallest absolute Gasteiger partial charge is 0.230 e. The van der Waals surface area contributed by atoms with Crippen LogP contribution >= 0.6 is 0 Å². The lowest BCUT2D eigenvalue weighted by Gasteiger charge is -2.61. The summed E-state index contributed by atoms with van der Waals surface area (Å²) in [6, 6.07) is 0. The zero-order valence-corrected chi connectivity index (χ0v) is 14.6. The molecule has 0 amide bonds. The van der Waals surface area contributed by atoms with Crippen molar-refractivity contribution in [1.82, 2.24) is 0 Å². The van der Waals surface area contributed by atoms with Crippen LogP contribution in [0, 0.1) is 22.7 Å². The minimum absolute atomic E-state index is 0.0000463. The molecule has 1 spiro atoms. The molecule has 3 atom stereocenters. The van der Waals surface area contributed by atoms with E-state index in [1.807, 2.05) is 19.9 Å². The van der Waals surface area contributed by atoms with Crippen LogP contribution in [0.1, 0.15) is 53.4 Å². The van der Waals surface area contributed by atoms with Crippen LogP contribution in [-0.4, -0.2) is 24.3 Å². The van der Waals surface area contributed by atoms with Gasteiger partial charge in [0, 0.05) is 16.6 Å². The van der Waals surface area contributed by atoms with E-state index in [1.165, 1.54) is 6.42 Å². The molecule has 2 heterocycles. The predicted molar refractivity (Wildman–Crippen MR) is 87.9 cm³/mol. The molecular weight excluding hydrogens is 288 g/mol. The maximum atomic E-state index is 13.0. The van der Waals surface area contributed by atoms with Crippen molar-refractivity contribution >= 4 is 11.6 Å². The first-order chi connectivity index (χ1) is 10.8. The number of fused-ring (bicyclic) bond motifs is 1. The molecular formula is C20H26O3. The lowest BCUT2D eigenvalue weighted by Crippen LogP contribution is -2.59. The molecule has 0 aromatic heterocycles. The fourth-order valence-corrected chi connectivity index (χ4v) is 5.67. The van der Waals surface area contributed by atoms with Crippen LogP contribution in [0.4, 0.5) is 0 Å². The van der Waals surface area contributed by atoms with Gasteiger partial charge in [0.15, 0.2) is 0 Å². The second kappa shape index (κ2) is 4.66. The van der Waals surface area contributed by atoms with Gasteiger partial charge in [0.05, 0.1) is 12.7 Å². The molecule has 3 nitrogen and oxygen atoms in total. The van der Waals surface area contributed by atoms with Crippen LogP contribution in [0.2, 0.25) is 0 Å². The van der Waals surface area contributed by atoms with Crippen molar-refractivity contribution in [3.8, 4) is 0 Å². The maximum Gasteiger partial charge on any atom is 0.230 e. The summed E-state index contributed by atoms with van der Waals surface area (Å²) in [5.41, 5.74) is 2.50. The number of carbonyl (C=O) groups excluding carboxylic acids is 2. The minimum atomic E-state index is -0.275. The number of carbonyl (C=O) groups is 2. The van der Waals surface area contributed by atoms with E-state index in [2.05, 4.69) is 13.8 Å². The average molecular weight is 314 g/mol. The molecule has 2 fully saturated rings. The number of rotatable bonds is 1. The van der Waals surface area contributed by atoms with Gasteiger partial charge >= 0.3 is 0 Å². The van der Waals surface area contributed by atoms with Crippen molar-refractivity contribution < 1.29 is 14.3 Å². The van der Waals surface area contributed by atoms with E-state index in [9.17, 15) is 9.59 Å². The molecule has 3 aliphatic carbocycles. The Kier molecular flexibility index (Phi) is 3.10. The summed E-state index contributed by atoms with van der Waals surface area (Å²) < 4.78 is 6.15. The van der Waals surface area contributed by atoms with Gasteiger partial charge in [0.2, 0.25) is 11.6 Å². The van der Waals surface area contributed by atoms with Crippen molar-refractivity contribution in [2.75, 3.05) is 6.61 Å². The standard InChI is InChI=1S/C20H26O3/c1-11(2)12-8-13-14-9-15-19(3,4)6-5-7-20(15,10-23-14)16(13)18(22)17(12)21/h8,11,14-15H,5-7,9-10H2,1-4H3/t14?,15-,20+/m0/s1. The van der Waals surface area contributed by atoms with E-state index in [0.717, 1.165) is 30.4 Å². The second-order valence-corrected chi connectivity index (χ2v) is 8.83. The Labute approximate surface area is 138 Å². The summed E-state index contributed by atoms with van der Waals surface area (Å²) in [6.45, 7) is 9.23. The van der Waals surface area contributed by atoms with E-state index < -0.39 is 0 Å². The molecule has 0 aromatic rings. The maximum absolute atomic E-state index is 13.0. The fraction of sp³-hybridized carbons (Fsp3) is 0.700. The van der Waals surface area contributed by atoms with Crippen LogP contribution in [0.3, 0.4) is 0 Å².